The molecule has 162 valence electrons. The molecule has 0 aromatic heterocycles. The molecule has 3 N–H and O–H groups in total. The average Bonchev–Trinajstić information content (AvgIpc) is 3.24. The van der Waals surface area contributed by atoms with Gasteiger partial charge in [-0.1, -0.05) is 24.3 Å². The van der Waals surface area contributed by atoms with Gasteiger partial charge in [0.15, 0.2) is 5.96 Å². The van der Waals surface area contributed by atoms with E-state index in [0.29, 0.717) is 18.2 Å². The number of hydrogen-bond acceptors (Lipinski definition) is 4. The fourth-order valence-electron chi connectivity index (χ4n) is 3.48. The van der Waals surface area contributed by atoms with Gasteiger partial charge in [-0.05, 0) is 36.2 Å². The van der Waals surface area contributed by atoms with Crippen molar-refractivity contribution in [2.24, 2.45) is 4.99 Å². The molecule has 1 heterocycles. The first kappa shape index (κ1) is 23.8. The van der Waals surface area contributed by atoms with Gasteiger partial charge in [-0.15, -0.1) is 24.0 Å². The topological polar surface area (TPSA) is 78.0 Å². The summed E-state index contributed by atoms with van der Waals surface area (Å²) in [6.45, 7) is 2.49. The number of rotatable bonds is 6. The van der Waals surface area contributed by atoms with Crippen LogP contribution in [0.5, 0.6) is 5.75 Å². The van der Waals surface area contributed by atoms with E-state index in [9.17, 15) is 4.79 Å². The van der Waals surface area contributed by atoms with Crippen molar-refractivity contribution in [3.63, 3.8) is 0 Å². The fourth-order valence-corrected chi connectivity index (χ4v) is 3.48. The summed E-state index contributed by atoms with van der Waals surface area (Å²) in [6, 6.07) is 16.0. The second-order valence-electron chi connectivity index (χ2n) is 6.95. The molecule has 0 bridgehead atoms. The van der Waals surface area contributed by atoms with Gasteiger partial charge in [0.05, 0.1) is 12.8 Å². The van der Waals surface area contributed by atoms with E-state index in [0.717, 1.165) is 42.5 Å². The Hall–Kier alpha value is -2.49. The van der Waals surface area contributed by atoms with E-state index in [-0.39, 0.29) is 29.9 Å². The summed E-state index contributed by atoms with van der Waals surface area (Å²) in [6.07, 6.45) is 1.03. The maximum atomic E-state index is 11.6. The molecular weight excluding hydrogens is 493 g/mol. The smallest absolute Gasteiger partial charge is 0.251 e. The number of aliphatic imine (C=N–C) groups is 1. The number of carbonyl (C=O) groups excluding carboxylic acids is 1. The third-order valence-corrected chi connectivity index (χ3v) is 5.08. The first-order valence-electron chi connectivity index (χ1n) is 9.80. The number of guanidine groups is 1. The maximum Gasteiger partial charge on any atom is 0.251 e. The molecule has 3 rings (SSSR count). The molecule has 1 fully saturated rings. The molecule has 1 aliphatic heterocycles. The number of nitrogens with one attached hydrogen (secondary N) is 3. The third kappa shape index (κ3) is 6.01. The van der Waals surface area contributed by atoms with Crippen molar-refractivity contribution in [2.75, 3.05) is 39.2 Å². The Balaban J connectivity index is 0.00000320. The second kappa shape index (κ2) is 11.6. The number of ether oxygens (including phenoxy) is 1. The maximum absolute atomic E-state index is 11.6. The highest BCUT2D eigenvalue weighted by atomic mass is 127. The fraction of sp³-hybridized carbons (Fsp3) is 0.364. The van der Waals surface area contributed by atoms with Crippen LogP contribution >= 0.6 is 24.0 Å². The average molecular weight is 523 g/mol. The lowest BCUT2D eigenvalue weighted by atomic mass is 10.1. The van der Waals surface area contributed by atoms with E-state index in [4.69, 9.17) is 4.74 Å². The van der Waals surface area contributed by atoms with E-state index >= 15 is 0 Å². The molecule has 2 aromatic carbocycles. The van der Waals surface area contributed by atoms with Crippen molar-refractivity contribution in [1.82, 2.24) is 16.0 Å². The highest BCUT2D eigenvalue weighted by Gasteiger charge is 2.25. The number of benzene rings is 2. The van der Waals surface area contributed by atoms with Gasteiger partial charge in [-0.25, -0.2) is 0 Å². The van der Waals surface area contributed by atoms with Gasteiger partial charge in [-0.2, -0.15) is 0 Å². The van der Waals surface area contributed by atoms with E-state index in [1.54, 1.807) is 21.2 Å². The summed E-state index contributed by atoms with van der Waals surface area (Å²) in [5.74, 6) is 1.59. The minimum atomic E-state index is -0.0807. The molecule has 8 heteroatoms. The zero-order chi connectivity index (χ0) is 20.6. The molecule has 1 saturated heterocycles. The molecule has 30 heavy (non-hydrogen) atoms. The first-order chi connectivity index (χ1) is 14.1. The van der Waals surface area contributed by atoms with Gasteiger partial charge < -0.3 is 25.6 Å². The van der Waals surface area contributed by atoms with Crippen LogP contribution in [0.4, 0.5) is 5.69 Å². The van der Waals surface area contributed by atoms with Gasteiger partial charge in [0, 0.05) is 45.3 Å². The van der Waals surface area contributed by atoms with E-state index in [1.165, 1.54) is 0 Å². The van der Waals surface area contributed by atoms with Gasteiger partial charge >= 0.3 is 0 Å². The molecular formula is C22H30IN5O2. The van der Waals surface area contributed by atoms with Crippen LogP contribution < -0.4 is 25.6 Å². The summed E-state index contributed by atoms with van der Waals surface area (Å²) in [5, 5.41) is 9.48. The Morgan fingerprint density at radius 1 is 1.20 bits per heavy atom. The Morgan fingerprint density at radius 2 is 1.93 bits per heavy atom. The number of hydrogen-bond donors (Lipinski definition) is 3. The molecule has 7 nitrogen and oxygen atoms in total. The predicted molar refractivity (Wildman–Crippen MR) is 132 cm³/mol. The Bertz CT molecular complexity index is 857. The van der Waals surface area contributed by atoms with Gasteiger partial charge in [-0.3, -0.25) is 9.79 Å². The summed E-state index contributed by atoms with van der Waals surface area (Å²) >= 11 is 0. The van der Waals surface area contributed by atoms with Gasteiger partial charge in [0.2, 0.25) is 0 Å². The molecule has 1 unspecified atom stereocenters. The molecule has 1 aliphatic rings. The number of halogens is 1. The molecule has 1 amide bonds. The summed E-state index contributed by atoms with van der Waals surface area (Å²) in [7, 11) is 5.11. The van der Waals surface area contributed by atoms with Crippen LogP contribution in [0.1, 0.15) is 22.3 Å². The quantitative estimate of drug-likeness (QED) is 0.309. The van der Waals surface area contributed by atoms with Crippen LogP contribution in [0, 0.1) is 0 Å². The molecule has 0 radical (unpaired) electrons. The van der Waals surface area contributed by atoms with Crippen LogP contribution in [-0.2, 0) is 6.54 Å². The highest BCUT2D eigenvalue weighted by Crippen LogP contribution is 2.30. The summed E-state index contributed by atoms with van der Waals surface area (Å²) in [4.78, 5) is 18.3. The molecule has 0 spiro atoms. The van der Waals surface area contributed by atoms with Gasteiger partial charge in [0.1, 0.15) is 5.75 Å². The third-order valence-electron chi connectivity index (χ3n) is 5.08. The van der Waals surface area contributed by atoms with Crippen molar-refractivity contribution in [3.8, 4) is 5.75 Å². The van der Waals surface area contributed by atoms with Crippen LogP contribution in [0.25, 0.3) is 0 Å². The van der Waals surface area contributed by atoms with Crippen molar-refractivity contribution in [2.45, 2.75) is 19.0 Å². The Labute approximate surface area is 195 Å². The lowest BCUT2D eigenvalue weighted by molar-refractivity contribution is 0.0963. The van der Waals surface area contributed by atoms with Crippen LogP contribution in [0.2, 0.25) is 0 Å². The number of amides is 1. The van der Waals surface area contributed by atoms with Crippen molar-refractivity contribution < 1.29 is 9.53 Å². The minimum absolute atomic E-state index is 0. The van der Waals surface area contributed by atoms with Gasteiger partial charge in [0.25, 0.3) is 5.91 Å². The number of anilines is 1. The normalized spacial score (nSPS) is 15.9. The lowest BCUT2D eigenvalue weighted by Gasteiger charge is -2.22. The van der Waals surface area contributed by atoms with Crippen LogP contribution in [0.3, 0.4) is 0 Å². The highest BCUT2D eigenvalue weighted by molar-refractivity contribution is 14.0. The second-order valence-corrected chi connectivity index (χ2v) is 6.95. The molecule has 0 saturated carbocycles. The van der Waals surface area contributed by atoms with Crippen molar-refractivity contribution in [1.29, 1.82) is 0 Å². The first-order valence-corrected chi connectivity index (χ1v) is 9.80. The van der Waals surface area contributed by atoms with E-state index < -0.39 is 0 Å². The summed E-state index contributed by atoms with van der Waals surface area (Å²) < 4.78 is 5.49. The number of para-hydroxylation sites is 2. The number of carbonyl (C=O) groups is 1. The number of methoxy groups -OCH3 is 1. The SMILES string of the molecule is CN=C(NCc1ccc(C(=O)NC)cc1)NC1CCN(c2ccccc2OC)C1.I. The predicted octanol–water partition coefficient (Wildman–Crippen LogP) is 2.62. The molecule has 0 aliphatic carbocycles. The summed E-state index contributed by atoms with van der Waals surface area (Å²) in [5.41, 5.74) is 2.86. The van der Waals surface area contributed by atoms with Crippen LogP contribution in [0.15, 0.2) is 53.5 Å². The molecule has 1 atom stereocenters. The van der Waals surface area contributed by atoms with Crippen LogP contribution in [-0.4, -0.2) is 52.2 Å². The Morgan fingerprint density at radius 3 is 2.60 bits per heavy atom. The Kier molecular flexibility index (Phi) is 9.22. The lowest BCUT2D eigenvalue weighted by Crippen LogP contribution is -2.44. The van der Waals surface area contributed by atoms with E-state index in [1.807, 2.05) is 42.5 Å². The number of nitrogens with zero attached hydrogens (tertiary/aromatic N) is 2. The minimum Gasteiger partial charge on any atom is -0.495 e. The monoisotopic (exact) mass is 523 g/mol. The molecule has 2 aromatic rings. The zero-order valence-corrected chi connectivity index (χ0v) is 20.0. The standard InChI is InChI=1S/C22H29N5O2.HI/c1-23-21(28)17-10-8-16(9-11-17)14-25-22(24-2)26-18-12-13-27(15-18)19-6-4-5-7-20(19)29-3;/h4-11,18H,12-15H2,1-3H3,(H,23,28)(H2,24,25,26);1H. The zero-order valence-electron chi connectivity index (χ0n) is 17.6. The van der Waals surface area contributed by atoms with Crippen molar-refractivity contribution >= 4 is 41.5 Å². The van der Waals surface area contributed by atoms with Crippen molar-refractivity contribution in [3.05, 3.63) is 59.7 Å². The largest absolute Gasteiger partial charge is 0.495 e. The van der Waals surface area contributed by atoms with E-state index in [2.05, 4.69) is 31.9 Å².